The summed E-state index contributed by atoms with van der Waals surface area (Å²) in [5.41, 5.74) is 1.41. The molecule has 0 saturated heterocycles. The standard InChI is InChI=1S/C4H4ClF3N2O2/c1-12-3(11)10-9-2(5)4(6,7)8/h1H3,(H,10,11). The summed E-state index contributed by atoms with van der Waals surface area (Å²) in [6.45, 7) is 0. The maximum absolute atomic E-state index is 11.5. The third kappa shape index (κ3) is 4.02. The monoisotopic (exact) mass is 204 g/mol. The molecule has 0 atom stereocenters. The summed E-state index contributed by atoms with van der Waals surface area (Å²) in [4.78, 5) is 10.2. The van der Waals surface area contributed by atoms with E-state index in [9.17, 15) is 18.0 Å². The zero-order valence-corrected chi connectivity index (χ0v) is 6.53. The van der Waals surface area contributed by atoms with E-state index in [1.54, 1.807) is 0 Å². The lowest BCUT2D eigenvalue weighted by Crippen LogP contribution is -2.24. The van der Waals surface area contributed by atoms with Crippen molar-refractivity contribution in [3.05, 3.63) is 0 Å². The number of alkyl halides is 3. The van der Waals surface area contributed by atoms with Crippen LogP contribution in [-0.2, 0) is 4.74 Å². The quantitative estimate of drug-likeness (QED) is 0.519. The molecule has 0 heterocycles. The Kier molecular flexibility index (Phi) is 3.81. The van der Waals surface area contributed by atoms with E-state index in [-0.39, 0.29) is 0 Å². The highest BCUT2D eigenvalue weighted by molar-refractivity contribution is 6.66. The van der Waals surface area contributed by atoms with Gasteiger partial charge in [0, 0.05) is 0 Å². The molecule has 0 fully saturated rings. The van der Waals surface area contributed by atoms with Crippen molar-refractivity contribution in [2.24, 2.45) is 5.10 Å². The topological polar surface area (TPSA) is 50.7 Å². The van der Waals surface area contributed by atoms with Crippen molar-refractivity contribution < 1.29 is 22.7 Å². The van der Waals surface area contributed by atoms with Gasteiger partial charge in [0.15, 0.2) is 0 Å². The fourth-order valence-corrected chi connectivity index (χ4v) is 0.246. The molecule has 70 valence electrons. The van der Waals surface area contributed by atoms with Gasteiger partial charge in [-0.05, 0) is 0 Å². The zero-order valence-electron chi connectivity index (χ0n) is 5.78. The summed E-state index contributed by atoms with van der Waals surface area (Å²) in [5.74, 6) is 0. The van der Waals surface area contributed by atoms with Crippen LogP contribution >= 0.6 is 11.6 Å². The van der Waals surface area contributed by atoms with E-state index < -0.39 is 17.4 Å². The number of hydrogen-bond acceptors (Lipinski definition) is 3. The minimum absolute atomic E-state index is 0.979. The predicted octanol–water partition coefficient (Wildman–Crippen LogP) is 1.46. The van der Waals surface area contributed by atoms with E-state index in [0.717, 1.165) is 7.11 Å². The van der Waals surface area contributed by atoms with Gasteiger partial charge in [0.05, 0.1) is 7.11 Å². The summed E-state index contributed by atoms with van der Waals surface area (Å²) < 4.78 is 38.6. The summed E-state index contributed by atoms with van der Waals surface area (Å²) in [7, 11) is 0.979. The molecule has 1 amide bonds. The van der Waals surface area contributed by atoms with Crippen LogP contribution in [0.5, 0.6) is 0 Å². The van der Waals surface area contributed by atoms with Gasteiger partial charge in [0.25, 0.3) is 0 Å². The summed E-state index contributed by atoms with van der Waals surface area (Å²) in [6.07, 6.45) is -5.89. The minimum Gasteiger partial charge on any atom is -0.452 e. The maximum Gasteiger partial charge on any atom is 0.446 e. The average Bonchev–Trinajstić information content (AvgIpc) is 1.97. The van der Waals surface area contributed by atoms with Gasteiger partial charge >= 0.3 is 12.3 Å². The number of nitrogens with zero attached hydrogens (tertiary/aromatic N) is 1. The molecule has 4 nitrogen and oxygen atoms in total. The molecular weight excluding hydrogens is 201 g/mol. The number of ether oxygens (including phenoxy) is 1. The van der Waals surface area contributed by atoms with E-state index >= 15 is 0 Å². The Morgan fingerprint density at radius 3 is 2.42 bits per heavy atom. The second-order valence-corrected chi connectivity index (χ2v) is 1.86. The molecule has 0 aliphatic rings. The first-order valence-electron chi connectivity index (χ1n) is 2.52. The summed E-state index contributed by atoms with van der Waals surface area (Å²) in [6, 6.07) is 0. The summed E-state index contributed by atoms with van der Waals surface area (Å²) in [5, 5.41) is 0.825. The highest BCUT2D eigenvalue weighted by atomic mass is 35.5. The molecular formula is C4H4ClF3N2O2. The predicted molar refractivity (Wildman–Crippen MR) is 34.9 cm³/mol. The molecule has 0 rings (SSSR count). The molecule has 0 aliphatic carbocycles. The lowest BCUT2D eigenvalue weighted by Gasteiger charge is -2.02. The van der Waals surface area contributed by atoms with E-state index in [0.29, 0.717) is 0 Å². The second-order valence-electron chi connectivity index (χ2n) is 1.50. The molecule has 8 heteroatoms. The van der Waals surface area contributed by atoms with Gasteiger partial charge in [0.2, 0.25) is 5.17 Å². The van der Waals surface area contributed by atoms with E-state index in [2.05, 4.69) is 21.4 Å². The number of amides is 1. The van der Waals surface area contributed by atoms with Crippen LogP contribution in [0.25, 0.3) is 0 Å². The van der Waals surface area contributed by atoms with Crippen molar-refractivity contribution in [1.29, 1.82) is 0 Å². The van der Waals surface area contributed by atoms with Crippen LogP contribution in [0.1, 0.15) is 0 Å². The number of carbonyl (C=O) groups excluding carboxylic acids is 1. The lowest BCUT2D eigenvalue weighted by molar-refractivity contribution is -0.0562. The van der Waals surface area contributed by atoms with Crippen molar-refractivity contribution in [2.75, 3.05) is 7.11 Å². The highest BCUT2D eigenvalue weighted by Crippen LogP contribution is 2.18. The van der Waals surface area contributed by atoms with E-state index in [1.807, 2.05) is 0 Å². The van der Waals surface area contributed by atoms with Crippen molar-refractivity contribution in [3.63, 3.8) is 0 Å². The third-order valence-corrected chi connectivity index (χ3v) is 0.963. The van der Waals surface area contributed by atoms with Crippen molar-refractivity contribution in [1.82, 2.24) is 5.43 Å². The Morgan fingerprint density at radius 1 is 1.58 bits per heavy atom. The Bertz CT molecular complexity index is 203. The van der Waals surface area contributed by atoms with Crippen molar-refractivity contribution in [3.8, 4) is 0 Å². The molecule has 0 radical (unpaired) electrons. The van der Waals surface area contributed by atoms with Gasteiger partial charge in [0.1, 0.15) is 0 Å². The average molecular weight is 205 g/mol. The third-order valence-electron chi connectivity index (χ3n) is 0.665. The smallest absolute Gasteiger partial charge is 0.446 e. The summed E-state index contributed by atoms with van der Waals surface area (Å²) >= 11 is 4.61. The first kappa shape index (κ1) is 11.0. The number of halogens is 4. The first-order valence-corrected chi connectivity index (χ1v) is 2.90. The van der Waals surface area contributed by atoms with E-state index in [1.165, 1.54) is 5.43 Å². The number of nitrogens with one attached hydrogen (secondary N) is 1. The maximum atomic E-state index is 11.5. The molecule has 1 N–H and O–H groups in total. The molecule has 0 saturated carbocycles. The fraction of sp³-hybridized carbons (Fsp3) is 0.500. The number of methoxy groups -OCH3 is 1. The molecule has 0 unspecified atom stereocenters. The molecule has 0 bridgehead atoms. The fourth-order valence-electron chi connectivity index (χ4n) is 0.204. The Morgan fingerprint density at radius 2 is 2.08 bits per heavy atom. The lowest BCUT2D eigenvalue weighted by atomic mass is 10.7. The Hall–Kier alpha value is -0.980. The van der Waals surface area contributed by atoms with Gasteiger partial charge in [-0.15, -0.1) is 0 Å². The van der Waals surface area contributed by atoms with Crippen molar-refractivity contribution >= 4 is 22.9 Å². The molecule has 0 aromatic heterocycles. The number of carbonyl (C=O) groups is 1. The van der Waals surface area contributed by atoms with Crippen LogP contribution in [0, 0.1) is 0 Å². The number of hydrogen-bond donors (Lipinski definition) is 1. The number of rotatable bonds is 1. The first-order chi connectivity index (χ1) is 5.38. The van der Waals surface area contributed by atoms with Crippen LogP contribution in [-0.4, -0.2) is 24.6 Å². The van der Waals surface area contributed by atoms with Gasteiger partial charge < -0.3 is 4.74 Å². The van der Waals surface area contributed by atoms with Crippen molar-refractivity contribution in [2.45, 2.75) is 6.18 Å². The minimum atomic E-state index is -4.76. The van der Waals surface area contributed by atoms with Crippen LogP contribution < -0.4 is 5.43 Å². The molecule has 0 aromatic carbocycles. The largest absolute Gasteiger partial charge is 0.452 e. The van der Waals surface area contributed by atoms with Gasteiger partial charge in [-0.2, -0.15) is 18.3 Å². The zero-order chi connectivity index (χ0) is 9.78. The SMILES string of the molecule is COC(=O)NN=C(Cl)C(F)(F)F. The molecule has 0 aliphatic heterocycles. The van der Waals surface area contributed by atoms with Crippen LogP contribution in [0.2, 0.25) is 0 Å². The second kappa shape index (κ2) is 4.15. The molecule has 0 aromatic rings. The molecule has 12 heavy (non-hydrogen) atoms. The Labute approximate surface area is 70.3 Å². The molecule has 0 spiro atoms. The van der Waals surface area contributed by atoms with E-state index in [4.69, 9.17) is 0 Å². The van der Waals surface area contributed by atoms with Crippen LogP contribution in [0.15, 0.2) is 5.10 Å². The van der Waals surface area contributed by atoms with Crippen LogP contribution in [0.3, 0.4) is 0 Å². The number of hydrazone groups is 1. The van der Waals surface area contributed by atoms with Gasteiger partial charge in [-0.1, -0.05) is 11.6 Å². The highest BCUT2D eigenvalue weighted by Gasteiger charge is 2.34. The normalized spacial score (nSPS) is 12.6. The Balaban J connectivity index is 4.11. The van der Waals surface area contributed by atoms with Crippen LogP contribution in [0.4, 0.5) is 18.0 Å². The van der Waals surface area contributed by atoms with Gasteiger partial charge in [-0.3, -0.25) is 0 Å². The van der Waals surface area contributed by atoms with Gasteiger partial charge in [-0.25, -0.2) is 10.2 Å².